The quantitative estimate of drug-likeness (QED) is 0.620. The van der Waals surface area contributed by atoms with Crippen LogP contribution in [0.2, 0.25) is 0 Å². The first-order valence-electron chi connectivity index (χ1n) is 4.04. The molecule has 0 aliphatic heterocycles. The molecular formula is C8H17ClO. The molecule has 0 saturated carbocycles. The lowest BCUT2D eigenvalue weighted by Gasteiger charge is -2.14. The second-order valence-corrected chi connectivity index (χ2v) is 3.22. The van der Waals surface area contributed by atoms with Gasteiger partial charge in [-0.1, -0.05) is 26.7 Å². The third-order valence-electron chi connectivity index (χ3n) is 1.57. The molecule has 2 heteroatoms. The van der Waals surface area contributed by atoms with Gasteiger partial charge in [-0.15, -0.1) is 11.6 Å². The van der Waals surface area contributed by atoms with Gasteiger partial charge in [0.05, 0.1) is 11.5 Å². The molecule has 0 saturated heterocycles. The van der Waals surface area contributed by atoms with Crippen LogP contribution in [0.5, 0.6) is 0 Å². The standard InChI is InChI=1S/C8H17ClO/c1-3-5-7(9)8(10)6-4-2/h7-8,10H,3-6H2,1-2H3. The Morgan fingerprint density at radius 2 is 1.70 bits per heavy atom. The first-order chi connectivity index (χ1) is 4.72. The number of aliphatic hydroxyl groups is 1. The molecule has 2 unspecified atom stereocenters. The van der Waals surface area contributed by atoms with Crippen LogP contribution in [0, 0.1) is 0 Å². The molecule has 0 heterocycles. The van der Waals surface area contributed by atoms with Crippen LogP contribution in [0.3, 0.4) is 0 Å². The Kier molecular flexibility index (Phi) is 6.14. The summed E-state index contributed by atoms with van der Waals surface area (Å²) in [7, 11) is 0. The van der Waals surface area contributed by atoms with E-state index in [0.29, 0.717) is 0 Å². The Morgan fingerprint density at radius 1 is 1.20 bits per heavy atom. The first-order valence-corrected chi connectivity index (χ1v) is 4.48. The van der Waals surface area contributed by atoms with Crippen molar-refractivity contribution < 1.29 is 5.11 Å². The first kappa shape index (κ1) is 10.2. The normalized spacial score (nSPS) is 16.8. The zero-order valence-electron chi connectivity index (χ0n) is 6.81. The average Bonchev–Trinajstić information content (AvgIpc) is 1.89. The van der Waals surface area contributed by atoms with E-state index in [-0.39, 0.29) is 11.5 Å². The zero-order valence-corrected chi connectivity index (χ0v) is 7.56. The van der Waals surface area contributed by atoms with Gasteiger partial charge in [-0.25, -0.2) is 0 Å². The molecule has 1 nitrogen and oxygen atoms in total. The smallest absolute Gasteiger partial charge is 0.0703 e. The Labute approximate surface area is 68.4 Å². The van der Waals surface area contributed by atoms with E-state index in [4.69, 9.17) is 11.6 Å². The highest BCUT2D eigenvalue weighted by Gasteiger charge is 2.13. The van der Waals surface area contributed by atoms with Crippen molar-refractivity contribution in [1.29, 1.82) is 0 Å². The maximum atomic E-state index is 9.32. The lowest BCUT2D eigenvalue weighted by Crippen LogP contribution is -2.19. The molecule has 0 aliphatic rings. The van der Waals surface area contributed by atoms with Gasteiger partial charge in [0.2, 0.25) is 0 Å². The number of alkyl halides is 1. The summed E-state index contributed by atoms with van der Waals surface area (Å²) in [5, 5.41) is 9.28. The van der Waals surface area contributed by atoms with Crippen LogP contribution in [0.15, 0.2) is 0 Å². The largest absolute Gasteiger partial charge is 0.392 e. The molecule has 0 amide bonds. The molecule has 2 atom stereocenters. The Morgan fingerprint density at radius 3 is 2.10 bits per heavy atom. The lowest BCUT2D eigenvalue weighted by atomic mass is 10.1. The SMILES string of the molecule is CCCC(O)C(Cl)CCC. The number of rotatable bonds is 5. The van der Waals surface area contributed by atoms with Crippen LogP contribution in [0.25, 0.3) is 0 Å². The minimum absolute atomic E-state index is 0.0371. The van der Waals surface area contributed by atoms with Crippen molar-refractivity contribution in [3.05, 3.63) is 0 Å². The van der Waals surface area contributed by atoms with Gasteiger partial charge in [0.1, 0.15) is 0 Å². The molecule has 0 aromatic heterocycles. The molecule has 62 valence electrons. The summed E-state index contributed by atoms with van der Waals surface area (Å²) < 4.78 is 0. The van der Waals surface area contributed by atoms with Crippen LogP contribution >= 0.6 is 11.6 Å². The van der Waals surface area contributed by atoms with E-state index in [1.54, 1.807) is 0 Å². The Bertz CT molecular complexity index is 65.7. The van der Waals surface area contributed by atoms with E-state index < -0.39 is 0 Å². The maximum Gasteiger partial charge on any atom is 0.0703 e. The molecule has 1 N–H and O–H groups in total. The van der Waals surface area contributed by atoms with Crippen LogP contribution in [0.4, 0.5) is 0 Å². The van der Waals surface area contributed by atoms with Gasteiger partial charge >= 0.3 is 0 Å². The zero-order chi connectivity index (χ0) is 7.98. The van der Waals surface area contributed by atoms with E-state index in [1.807, 2.05) is 0 Å². The van der Waals surface area contributed by atoms with Crippen molar-refractivity contribution in [1.82, 2.24) is 0 Å². The Balaban J connectivity index is 3.38. The minimum atomic E-state index is -0.299. The van der Waals surface area contributed by atoms with Crippen molar-refractivity contribution in [3.8, 4) is 0 Å². The van der Waals surface area contributed by atoms with Crippen LogP contribution in [0.1, 0.15) is 39.5 Å². The fourth-order valence-electron chi connectivity index (χ4n) is 0.945. The molecule has 0 bridgehead atoms. The minimum Gasteiger partial charge on any atom is -0.392 e. The lowest BCUT2D eigenvalue weighted by molar-refractivity contribution is 0.154. The molecule has 0 aromatic rings. The van der Waals surface area contributed by atoms with Gasteiger partial charge in [-0.2, -0.15) is 0 Å². The second-order valence-electron chi connectivity index (χ2n) is 2.66. The number of hydrogen-bond acceptors (Lipinski definition) is 1. The molecule has 0 spiro atoms. The van der Waals surface area contributed by atoms with Crippen LogP contribution in [-0.2, 0) is 0 Å². The number of hydrogen-bond donors (Lipinski definition) is 1. The molecular weight excluding hydrogens is 148 g/mol. The van der Waals surface area contributed by atoms with E-state index in [2.05, 4.69) is 13.8 Å². The summed E-state index contributed by atoms with van der Waals surface area (Å²) in [6, 6.07) is 0. The van der Waals surface area contributed by atoms with E-state index in [1.165, 1.54) is 0 Å². The number of halogens is 1. The van der Waals surface area contributed by atoms with E-state index in [9.17, 15) is 5.11 Å². The number of aliphatic hydroxyl groups excluding tert-OH is 1. The predicted molar refractivity (Wildman–Crippen MR) is 45.5 cm³/mol. The summed E-state index contributed by atoms with van der Waals surface area (Å²) in [6.45, 7) is 4.13. The fraction of sp³-hybridized carbons (Fsp3) is 1.00. The maximum absolute atomic E-state index is 9.32. The third kappa shape index (κ3) is 4.13. The molecule has 0 aromatic carbocycles. The predicted octanol–water partition coefficient (Wildman–Crippen LogP) is 2.55. The highest BCUT2D eigenvalue weighted by atomic mass is 35.5. The van der Waals surface area contributed by atoms with Gasteiger partial charge in [0.15, 0.2) is 0 Å². The average molecular weight is 165 g/mol. The summed E-state index contributed by atoms with van der Waals surface area (Å²) >= 11 is 5.86. The molecule has 0 fully saturated rings. The van der Waals surface area contributed by atoms with Crippen molar-refractivity contribution in [2.45, 2.75) is 51.0 Å². The Hall–Kier alpha value is 0.250. The topological polar surface area (TPSA) is 20.2 Å². The molecule has 0 radical (unpaired) electrons. The third-order valence-corrected chi connectivity index (χ3v) is 2.08. The van der Waals surface area contributed by atoms with Crippen LogP contribution in [-0.4, -0.2) is 16.6 Å². The molecule has 0 rings (SSSR count). The molecule has 0 aliphatic carbocycles. The summed E-state index contributed by atoms with van der Waals surface area (Å²) in [6.07, 6.45) is 3.51. The van der Waals surface area contributed by atoms with Gasteiger partial charge in [0.25, 0.3) is 0 Å². The van der Waals surface area contributed by atoms with E-state index >= 15 is 0 Å². The fourth-order valence-corrected chi connectivity index (χ4v) is 1.29. The van der Waals surface area contributed by atoms with Gasteiger partial charge in [-0.3, -0.25) is 0 Å². The summed E-state index contributed by atoms with van der Waals surface area (Å²) in [5.41, 5.74) is 0. The van der Waals surface area contributed by atoms with Crippen LogP contribution < -0.4 is 0 Å². The summed E-state index contributed by atoms with van der Waals surface area (Å²) in [5.74, 6) is 0. The van der Waals surface area contributed by atoms with E-state index in [0.717, 1.165) is 25.7 Å². The highest BCUT2D eigenvalue weighted by molar-refractivity contribution is 6.21. The summed E-state index contributed by atoms with van der Waals surface area (Å²) in [4.78, 5) is 0. The van der Waals surface area contributed by atoms with Crippen molar-refractivity contribution in [2.75, 3.05) is 0 Å². The van der Waals surface area contributed by atoms with Gasteiger partial charge in [0, 0.05) is 0 Å². The second kappa shape index (κ2) is 5.99. The monoisotopic (exact) mass is 164 g/mol. The van der Waals surface area contributed by atoms with Gasteiger partial charge < -0.3 is 5.11 Å². The molecule has 10 heavy (non-hydrogen) atoms. The highest BCUT2D eigenvalue weighted by Crippen LogP contribution is 2.13. The van der Waals surface area contributed by atoms with Crippen molar-refractivity contribution in [2.24, 2.45) is 0 Å². The van der Waals surface area contributed by atoms with Crippen molar-refractivity contribution >= 4 is 11.6 Å². The van der Waals surface area contributed by atoms with Crippen molar-refractivity contribution in [3.63, 3.8) is 0 Å². The van der Waals surface area contributed by atoms with Gasteiger partial charge in [-0.05, 0) is 12.8 Å².